The van der Waals surface area contributed by atoms with Gasteiger partial charge in [-0.3, -0.25) is 0 Å². The quantitative estimate of drug-likeness (QED) is 0.627. The van der Waals surface area contributed by atoms with Gasteiger partial charge in [-0.1, -0.05) is 5.16 Å². The zero-order valence-electron chi connectivity index (χ0n) is 7.77. The predicted octanol–water partition coefficient (Wildman–Crippen LogP) is 1.80. The molecule has 0 fully saturated rings. The molecule has 74 valence electrons. The van der Waals surface area contributed by atoms with Crippen molar-refractivity contribution in [1.82, 2.24) is 15.1 Å². The first-order chi connectivity index (χ1) is 7.36. The molecule has 0 saturated heterocycles. The number of rotatable bonds is 1. The second-order valence-corrected chi connectivity index (χ2v) is 3.21. The minimum Gasteiger partial charge on any atom is -0.394 e. The van der Waals surface area contributed by atoms with Crippen LogP contribution >= 0.6 is 0 Å². The van der Waals surface area contributed by atoms with Gasteiger partial charge in [0.2, 0.25) is 0 Å². The van der Waals surface area contributed by atoms with Gasteiger partial charge in [0.25, 0.3) is 0 Å². The molecule has 5 heteroatoms. The van der Waals surface area contributed by atoms with Crippen LogP contribution in [0.4, 0.5) is 5.69 Å². The summed E-state index contributed by atoms with van der Waals surface area (Å²) in [6, 6.07) is 3.82. The lowest BCUT2D eigenvalue weighted by Gasteiger charge is -1.93. The average Bonchev–Trinajstić information content (AvgIpc) is 2.83. The monoisotopic (exact) mass is 200 g/mol. The molecule has 3 N–H and O–H groups in total. The Labute approximate surface area is 84.9 Å². The molecule has 0 aliphatic carbocycles. The molecule has 0 aliphatic rings. The third kappa shape index (κ3) is 1.10. The van der Waals surface area contributed by atoms with E-state index in [2.05, 4.69) is 15.1 Å². The van der Waals surface area contributed by atoms with E-state index in [1.54, 1.807) is 6.20 Å². The Morgan fingerprint density at radius 2 is 2.33 bits per heavy atom. The highest BCUT2D eigenvalue weighted by molar-refractivity contribution is 5.94. The van der Waals surface area contributed by atoms with Crippen molar-refractivity contribution in [2.24, 2.45) is 0 Å². The maximum absolute atomic E-state index is 5.73. The van der Waals surface area contributed by atoms with Crippen LogP contribution in [0.2, 0.25) is 0 Å². The van der Waals surface area contributed by atoms with Gasteiger partial charge in [0.1, 0.15) is 11.3 Å². The highest BCUT2D eigenvalue weighted by Gasteiger charge is 2.12. The van der Waals surface area contributed by atoms with Crippen molar-refractivity contribution in [3.63, 3.8) is 0 Å². The van der Waals surface area contributed by atoms with E-state index in [4.69, 9.17) is 10.3 Å². The van der Waals surface area contributed by atoms with Crippen molar-refractivity contribution < 1.29 is 4.52 Å². The summed E-state index contributed by atoms with van der Waals surface area (Å²) in [7, 11) is 0. The predicted molar refractivity (Wildman–Crippen MR) is 56.0 cm³/mol. The van der Waals surface area contributed by atoms with Crippen LogP contribution in [0.1, 0.15) is 0 Å². The summed E-state index contributed by atoms with van der Waals surface area (Å²) >= 11 is 0. The van der Waals surface area contributed by atoms with Gasteiger partial charge in [0.15, 0.2) is 5.76 Å². The fourth-order valence-electron chi connectivity index (χ4n) is 1.60. The Balaban J connectivity index is 2.32. The second-order valence-electron chi connectivity index (χ2n) is 3.21. The number of H-pyrrole nitrogens is 1. The van der Waals surface area contributed by atoms with E-state index in [0.29, 0.717) is 11.4 Å². The van der Waals surface area contributed by atoms with Crippen LogP contribution in [0.25, 0.3) is 22.4 Å². The van der Waals surface area contributed by atoms with Gasteiger partial charge >= 0.3 is 0 Å². The van der Waals surface area contributed by atoms with Crippen molar-refractivity contribution in [2.75, 3.05) is 5.73 Å². The number of nitrogens with two attached hydrogens (primary N) is 1. The fourth-order valence-corrected chi connectivity index (χ4v) is 1.60. The maximum atomic E-state index is 5.73. The second kappa shape index (κ2) is 2.84. The zero-order valence-corrected chi connectivity index (χ0v) is 7.77. The lowest BCUT2D eigenvalue weighted by atomic mass is 10.1. The molecule has 3 aromatic rings. The molecule has 3 heterocycles. The number of hydrogen-bond donors (Lipinski definition) is 2. The summed E-state index contributed by atoms with van der Waals surface area (Å²) in [5.41, 5.74) is 7.95. The van der Waals surface area contributed by atoms with Gasteiger partial charge in [-0.25, -0.2) is 4.98 Å². The first kappa shape index (κ1) is 8.05. The normalized spacial score (nSPS) is 10.9. The molecule has 0 unspecified atom stereocenters. The van der Waals surface area contributed by atoms with E-state index in [-0.39, 0.29) is 0 Å². The lowest BCUT2D eigenvalue weighted by Crippen LogP contribution is -1.83. The van der Waals surface area contributed by atoms with Crippen LogP contribution in [0.3, 0.4) is 0 Å². The molecule has 0 atom stereocenters. The van der Waals surface area contributed by atoms with Crippen LogP contribution in [-0.2, 0) is 0 Å². The molecule has 0 bridgehead atoms. The summed E-state index contributed by atoms with van der Waals surface area (Å²) in [5.74, 6) is 0.578. The molecule has 0 radical (unpaired) electrons. The number of hydrogen-bond acceptors (Lipinski definition) is 4. The first-order valence-electron chi connectivity index (χ1n) is 4.49. The molecule has 0 aromatic carbocycles. The molecular weight excluding hydrogens is 192 g/mol. The van der Waals surface area contributed by atoms with Crippen molar-refractivity contribution in [1.29, 1.82) is 0 Å². The van der Waals surface area contributed by atoms with E-state index >= 15 is 0 Å². The first-order valence-corrected chi connectivity index (χ1v) is 4.49. The van der Waals surface area contributed by atoms with Crippen molar-refractivity contribution >= 4 is 16.7 Å². The molecule has 0 aliphatic heterocycles. The van der Waals surface area contributed by atoms with Crippen molar-refractivity contribution in [3.05, 3.63) is 30.7 Å². The summed E-state index contributed by atoms with van der Waals surface area (Å²) in [4.78, 5) is 7.23. The number of aromatic nitrogens is 3. The summed E-state index contributed by atoms with van der Waals surface area (Å²) in [5, 5.41) is 4.62. The van der Waals surface area contributed by atoms with Crippen LogP contribution in [0.15, 0.2) is 35.2 Å². The van der Waals surface area contributed by atoms with Crippen LogP contribution in [0, 0.1) is 0 Å². The molecule has 15 heavy (non-hydrogen) atoms. The van der Waals surface area contributed by atoms with Crippen LogP contribution in [0.5, 0.6) is 0 Å². The standard InChI is InChI=1S/C10H8N4O/c11-8-5-14-15-9(8)7-4-13-10-6(7)2-1-3-12-10/h1-5H,11H2,(H,12,13). The molecule has 0 saturated carbocycles. The third-order valence-electron chi connectivity index (χ3n) is 2.29. The number of nitrogens with zero attached hydrogens (tertiary/aromatic N) is 2. The van der Waals surface area contributed by atoms with Crippen molar-refractivity contribution in [3.8, 4) is 11.3 Å². The largest absolute Gasteiger partial charge is 0.394 e. The average molecular weight is 200 g/mol. The highest BCUT2D eigenvalue weighted by Crippen LogP contribution is 2.30. The zero-order chi connectivity index (χ0) is 10.3. The van der Waals surface area contributed by atoms with Gasteiger partial charge < -0.3 is 15.2 Å². The summed E-state index contributed by atoms with van der Waals surface area (Å²) in [6.45, 7) is 0. The van der Waals surface area contributed by atoms with E-state index < -0.39 is 0 Å². The Bertz CT molecular complexity index is 610. The summed E-state index contributed by atoms with van der Waals surface area (Å²) in [6.07, 6.45) is 5.03. The number of aromatic amines is 1. The van der Waals surface area contributed by atoms with E-state index in [1.807, 2.05) is 18.3 Å². The number of nitrogen functional groups attached to an aromatic ring is 1. The topological polar surface area (TPSA) is 80.7 Å². The van der Waals surface area contributed by atoms with Gasteiger partial charge in [0, 0.05) is 23.3 Å². The Kier molecular flexibility index (Phi) is 1.53. The maximum Gasteiger partial charge on any atom is 0.191 e. The van der Waals surface area contributed by atoms with Gasteiger partial charge in [0.05, 0.1) is 6.20 Å². The Hall–Kier alpha value is -2.30. The third-order valence-corrected chi connectivity index (χ3v) is 2.29. The lowest BCUT2D eigenvalue weighted by molar-refractivity contribution is 0.433. The molecule has 0 spiro atoms. The Morgan fingerprint density at radius 1 is 1.40 bits per heavy atom. The smallest absolute Gasteiger partial charge is 0.191 e. The number of anilines is 1. The molecule has 5 nitrogen and oxygen atoms in total. The van der Waals surface area contributed by atoms with Gasteiger partial charge in [-0.2, -0.15) is 0 Å². The number of nitrogens with one attached hydrogen (secondary N) is 1. The van der Waals surface area contributed by atoms with Crippen molar-refractivity contribution in [2.45, 2.75) is 0 Å². The molecule has 3 rings (SSSR count). The minimum absolute atomic E-state index is 0.528. The van der Waals surface area contributed by atoms with Crippen LogP contribution in [-0.4, -0.2) is 15.1 Å². The molecular formula is C10H8N4O. The Morgan fingerprint density at radius 3 is 3.13 bits per heavy atom. The molecule has 0 amide bonds. The van der Waals surface area contributed by atoms with E-state index in [1.165, 1.54) is 6.20 Å². The van der Waals surface area contributed by atoms with Crippen LogP contribution < -0.4 is 5.73 Å². The van der Waals surface area contributed by atoms with E-state index in [0.717, 1.165) is 16.6 Å². The SMILES string of the molecule is Nc1cnoc1-c1c[nH]c2ncccc12. The van der Waals surface area contributed by atoms with Gasteiger partial charge in [-0.15, -0.1) is 0 Å². The fraction of sp³-hybridized carbons (Fsp3) is 0. The number of fused-ring (bicyclic) bond motifs is 1. The molecule has 3 aromatic heterocycles. The highest BCUT2D eigenvalue weighted by atomic mass is 16.5. The number of pyridine rings is 1. The van der Waals surface area contributed by atoms with E-state index in [9.17, 15) is 0 Å². The summed E-state index contributed by atoms with van der Waals surface area (Å²) < 4.78 is 5.09. The van der Waals surface area contributed by atoms with Gasteiger partial charge in [-0.05, 0) is 12.1 Å². The minimum atomic E-state index is 0.528.